The Hall–Kier alpha value is -2.90. The molecule has 1 N–H and O–H groups in total. The molecule has 2 heterocycles. The fourth-order valence-corrected chi connectivity index (χ4v) is 2.95. The van der Waals surface area contributed by atoms with Crippen molar-refractivity contribution in [2.45, 2.75) is 25.7 Å². The van der Waals surface area contributed by atoms with Gasteiger partial charge in [0.05, 0.1) is 13.0 Å². The number of nitrogens with zero attached hydrogens (tertiary/aromatic N) is 3. The molecule has 8 nitrogen and oxygen atoms in total. The molecule has 138 valence electrons. The van der Waals surface area contributed by atoms with Crippen molar-refractivity contribution in [1.82, 2.24) is 15.0 Å². The molecule has 26 heavy (non-hydrogen) atoms. The lowest BCUT2D eigenvalue weighted by molar-refractivity contribution is -0.141. The molecule has 3 rings (SSSR count). The molecule has 8 heteroatoms. The maximum absolute atomic E-state index is 12.1. The van der Waals surface area contributed by atoms with Gasteiger partial charge in [0, 0.05) is 31.5 Å². The van der Waals surface area contributed by atoms with E-state index in [1.54, 1.807) is 12.0 Å². The van der Waals surface area contributed by atoms with E-state index in [0.717, 1.165) is 11.3 Å². The number of benzene rings is 1. The molecule has 0 spiro atoms. The van der Waals surface area contributed by atoms with E-state index in [1.165, 1.54) is 0 Å². The highest BCUT2D eigenvalue weighted by atomic mass is 16.5. The van der Waals surface area contributed by atoms with Gasteiger partial charge in [-0.3, -0.25) is 9.59 Å². The van der Waals surface area contributed by atoms with Crippen LogP contribution < -0.4 is 4.74 Å². The van der Waals surface area contributed by atoms with Gasteiger partial charge < -0.3 is 19.3 Å². The lowest BCUT2D eigenvalue weighted by atomic mass is 10.1. The fourth-order valence-electron chi connectivity index (χ4n) is 2.95. The highest BCUT2D eigenvalue weighted by Gasteiger charge is 2.30. The van der Waals surface area contributed by atoms with E-state index in [1.807, 2.05) is 24.3 Å². The number of carboxylic acids is 1. The number of methoxy groups -OCH3 is 1. The number of hydrogen-bond donors (Lipinski definition) is 1. The van der Waals surface area contributed by atoms with Crippen LogP contribution in [0.5, 0.6) is 5.75 Å². The molecule has 0 aliphatic carbocycles. The van der Waals surface area contributed by atoms with Crippen molar-refractivity contribution in [2.75, 3.05) is 20.2 Å². The number of hydrogen-bond acceptors (Lipinski definition) is 6. The molecule has 1 fully saturated rings. The molecule has 2 aromatic rings. The van der Waals surface area contributed by atoms with Crippen LogP contribution in [-0.4, -0.2) is 52.2 Å². The van der Waals surface area contributed by atoms with Crippen molar-refractivity contribution in [3.63, 3.8) is 0 Å². The van der Waals surface area contributed by atoms with Crippen LogP contribution in [0.4, 0.5) is 0 Å². The molecule has 1 amide bonds. The molecule has 0 bridgehead atoms. The molecule has 1 aliphatic heterocycles. The number of amides is 1. The van der Waals surface area contributed by atoms with Gasteiger partial charge >= 0.3 is 5.97 Å². The number of aromatic nitrogens is 2. The zero-order valence-corrected chi connectivity index (χ0v) is 14.6. The van der Waals surface area contributed by atoms with E-state index < -0.39 is 11.9 Å². The van der Waals surface area contributed by atoms with Crippen LogP contribution in [-0.2, 0) is 16.0 Å². The minimum atomic E-state index is -0.836. The van der Waals surface area contributed by atoms with E-state index in [9.17, 15) is 9.59 Å². The van der Waals surface area contributed by atoms with Crippen molar-refractivity contribution < 1.29 is 24.0 Å². The summed E-state index contributed by atoms with van der Waals surface area (Å²) < 4.78 is 10.4. The summed E-state index contributed by atoms with van der Waals surface area (Å²) in [5.41, 5.74) is 0.827. The Morgan fingerprint density at radius 3 is 2.77 bits per heavy atom. The number of carbonyl (C=O) groups excluding carboxylic acids is 1. The third kappa shape index (κ3) is 4.19. The number of aliphatic carboxylic acids is 1. The molecular formula is C18H21N3O5. The number of likely N-dealkylation sites (tertiary alicyclic amines) is 1. The fraction of sp³-hybridized carbons (Fsp3) is 0.444. The first-order valence-electron chi connectivity index (χ1n) is 8.54. The predicted molar refractivity (Wildman–Crippen MR) is 91.5 cm³/mol. The van der Waals surface area contributed by atoms with Gasteiger partial charge in [-0.25, -0.2) is 0 Å². The average Bonchev–Trinajstić information content (AvgIpc) is 3.31. The molecule has 1 atom stereocenters. The number of aryl methyl sites for hydroxylation is 1. The maximum atomic E-state index is 12.1. The highest BCUT2D eigenvalue weighted by molar-refractivity contribution is 5.78. The van der Waals surface area contributed by atoms with Gasteiger partial charge in [-0.2, -0.15) is 4.98 Å². The van der Waals surface area contributed by atoms with E-state index in [2.05, 4.69) is 10.1 Å². The van der Waals surface area contributed by atoms with Crippen molar-refractivity contribution in [3.05, 3.63) is 30.2 Å². The summed E-state index contributed by atoms with van der Waals surface area (Å²) in [6, 6.07) is 7.35. The quantitative estimate of drug-likeness (QED) is 0.806. The first kappa shape index (κ1) is 17.9. The zero-order chi connectivity index (χ0) is 18.5. The predicted octanol–water partition coefficient (Wildman–Crippen LogP) is 2.00. The molecule has 1 aromatic heterocycles. The largest absolute Gasteiger partial charge is 0.497 e. The summed E-state index contributed by atoms with van der Waals surface area (Å²) in [6.07, 6.45) is 1.95. The van der Waals surface area contributed by atoms with Gasteiger partial charge in [0.2, 0.25) is 17.6 Å². The maximum Gasteiger partial charge on any atom is 0.308 e. The van der Waals surface area contributed by atoms with Gasteiger partial charge in [0.15, 0.2) is 0 Å². The number of carboxylic acid groups (broad SMARTS) is 1. The summed E-state index contributed by atoms with van der Waals surface area (Å²) in [4.78, 5) is 29.1. The molecule has 0 saturated carbocycles. The minimum Gasteiger partial charge on any atom is -0.497 e. The number of ether oxygens (including phenoxy) is 1. The molecule has 0 unspecified atom stereocenters. The SMILES string of the molecule is COc1ccc(-c2noc(CCCC(=O)N3CC[C@@H](C(=O)O)C3)n2)cc1. The van der Waals surface area contributed by atoms with Crippen molar-refractivity contribution in [3.8, 4) is 17.1 Å². The van der Waals surface area contributed by atoms with Gasteiger partial charge in [0.25, 0.3) is 0 Å². The first-order valence-corrected chi connectivity index (χ1v) is 8.54. The highest BCUT2D eigenvalue weighted by Crippen LogP contribution is 2.21. The lowest BCUT2D eigenvalue weighted by Crippen LogP contribution is -2.29. The Balaban J connectivity index is 1.47. The third-order valence-corrected chi connectivity index (χ3v) is 4.49. The lowest BCUT2D eigenvalue weighted by Gasteiger charge is -2.15. The minimum absolute atomic E-state index is 0.0244. The standard InChI is InChI=1S/C18H21N3O5/c1-25-14-7-5-12(6-8-14)17-19-15(26-20-17)3-2-4-16(22)21-10-9-13(11-21)18(23)24/h5-8,13H,2-4,9-11H2,1H3,(H,23,24)/t13-/m1/s1. The molecule has 0 radical (unpaired) electrons. The summed E-state index contributed by atoms with van der Waals surface area (Å²) in [7, 11) is 1.60. The van der Waals surface area contributed by atoms with Crippen LogP contribution >= 0.6 is 0 Å². The summed E-state index contributed by atoms with van der Waals surface area (Å²) in [6.45, 7) is 0.814. The van der Waals surface area contributed by atoms with Gasteiger partial charge in [-0.15, -0.1) is 0 Å². The van der Waals surface area contributed by atoms with Crippen LogP contribution in [0.2, 0.25) is 0 Å². The normalized spacial score (nSPS) is 16.7. The Kier molecular flexibility index (Phi) is 5.50. The smallest absolute Gasteiger partial charge is 0.308 e. The number of rotatable bonds is 7. The summed E-state index contributed by atoms with van der Waals surface area (Å²) in [5, 5.41) is 12.9. The topological polar surface area (TPSA) is 106 Å². The Labute approximate surface area is 150 Å². The van der Waals surface area contributed by atoms with Crippen LogP contribution in [0.15, 0.2) is 28.8 Å². The summed E-state index contributed by atoms with van der Waals surface area (Å²) >= 11 is 0. The van der Waals surface area contributed by atoms with E-state index in [4.69, 9.17) is 14.4 Å². The van der Waals surface area contributed by atoms with Crippen LogP contribution in [0.3, 0.4) is 0 Å². The van der Waals surface area contributed by atoms with Crippen molar-refractivity contribution in [2.24, 2.45) is 5.92 Å². The van der Waals surface area contributed by atoms with E-state index in [-0.39, 0.29) is 5.91 Å². The molecule has 1 saturated heterocycles. The molecule has 1 aliphatic rings. The second kappa shape index (κ2) is 7.99. The van der Waals surface area contributed by atoms with Gasteiger partial charge in [-0.05, 0) is 37.1 Å². The van der Waals surface area contributed by atoms with Crippen molar-refractivity contribution >= 4 is 11.9 Å². The molecular weight excluding hydrogens is 338 g/mol. The number of carbonyl (C=O) groups is 2. The third-order valence-electron chi connectivity index (χ3n) is 4.49. The second-order valence-corrected chi connectivity index (χ2v) is 6.26. The van der Waals surface area contributed by atoms with Crippen LogP contribution in [0.1, 0.15) is 25.2 Å². The van der Waals surface area contributed by atoms with Gasteiger partial charge in [0.1, 0.15) is 5.75 Å². The van der Waals surface area contributed by atoms with E-state index >= 15 is 0 Å². The summed E-state index contributed by atoms with van der Waals surface area (Å²) in [5.74, 6) is 0.428. The Bertz CT molecular complexity index is 771. The Morgan fingerprint density at radius 1 is 1.35 bits per heavy atom. The van der Waals surface area contributed by atoms with Gasteiger partial charge in [-0.1, -0.05) is 5.16 Å². The van der Waals surface area contributed by atoms with E-state index in [0.29, 0.717) is 50.5 Å². The van der Waals surface area contributed by atoms with Crippen molar-refractivity contribution in [1.29, 1.82) is 0 Å². The zero-order valence-electron chi connectivity index (χ0n) is 14.6. The second-order valence-electron chi connectivity index (χ2n) is 6.26. The van der Waals surface area contributed by atoms with Crippen LogP contribution in [0, 0.1) is 5.92 Å². The first-order chi connectivity index (χ1) is 12.6. The average molecular weight is 359 g/mol. The monoisotopic (exact) mass is 359 g/mol. The Morgan fingerprint density at radius 2 is 2.12 bits per heavy atom. The molecule has 1 aromatic carbocycles. The van der Waals surface area contributed by atoms with Crippen LogP contribution in [0.25, 0.3) is 11.4 Å².